The van der Waals surface area contributed by atoms with E-state index in [9.17, 15) is 4.79 Å². The maximum Gasteiger partial charge on any atom is 0.161 e. The van der Waals surface area contributed by atoms with Crippen LogP contribution in [0.1, 0.15) is 49.9 Å². The van der Waals surface area contributed by atoms with Gasteiger partial charge in [0.1, 0.15) is 35.2 Å². The molecule has 5 heterocycles. The van der Waals surface area contributed by atoms with Crippen molar-refractivity contribution in [2.24, 2.45) is 21.8 Å². The number of rotatable bonds is 16. The smallest absolute Gasteiger partial charge is 0.161 e. The molecule has 5 aliphatic heterocycles. The summed E-state index contributed by atoms with van der Waals surface area (Å²) in [6.07, 6.45) is 0.687. The number of hydrogen-bond acceptors (Lipinski definition) is 15. The van der Waals surface area contributed by atoms with Crippen LogP contribution in [-0.4, -0.2) is 135 Å². The molecular formula is C55H73IN4O7S4. The van der Waals surface area contributed by atoms with Gasteiger partial charge in [0.2, 0.25) is 0 Å². The highest BCUT2D eigenvalue weighted by molar-refractivity contribution is 14.1. The number of thioether (sulfide) groups is 4. The van der Waals surface area contributed by atoms with Gasteiger partial charge in [-0.25, -0.2) is 0 Å². The molecule has 16 heteroatoms. The van der Waals surface area contributed by atoms with Crippen LogP contribution < -0.4 is 0 Å². The Kier molecular flexibility index (Phi) is 23.9. The molecule has 0 saturated carbocycles. The molecule has 3 fully saturated rings. The summed E-state index contributed by atoms with van der Waals surface area (Å²) >= 11 is 9.48. The molecule has 5 aliphatic rings. The number of hydrogen-bond donors (Lipinski definition) is 0. The summed E-state index contributed by atoms with van der Waals surface area (Å²) in [7, 11) is 8.04. The lowest BCUT2D eigenvalue weighted by Crippen LogP contribution is -2.57. The average Bonchev–Trinajstić information content (AvgIpc) is 4.04. The largest absolute Gasteiger partial charge is 0.371 e. The van der Waals surface area contributed by atoms with Gasteiger partial charge in [0.05, 0.1) is 55.4 Å². The molecule has 3 saturated heterocycles. The number of ether oxygens (including phenoxy) is 6. The van der Waals surface area contributed by atoms with E-state index in [4.69, 9.17) is 38.4 Å². The number of amidine groups is 2. The summed E-state index contributed by atoms with van der Waals surface area (Å²) in [5, 5.41) is 1.92. The van der Waals surface area contributed by atoms with E-state index in [1.54, 1.807) is 23.5 Å². The predicted octanol–water partition coefficient (Wildman–Crippen LogP) is 11.2. The van der Waals surface area contributed by atoms with Crippen LogP contribution in [-0.2, 0) is 59.6 Å². The zero-order valence-corrected chi connectivity index (χ0v) is 46.7. The molecule has 0 radical (unpaired) electrons. The van der Waals surface area contributed by atoms with Gasteiger partial charge in [-0.1, -0.05) is 189 Å². The fraction of sp³-hybridized carbons (Fsp3) is 0.509. The van der Waals surface area contributed by atoms with Crippen molar-refractivity contribution in [3.05, 3.63) is 144 Å². The Morgan fingerprint density at radius 2 is 0.986 bits per heavy atom. The molecule has 11 nitrogen and oxygen atoms in total. The van der Waals surface area contributed by atoms with Crippen molar-refractivity contribution < 1.29 is 33.2 Å². The number of carbonyl (C=O) groups is 1. The van der Waals surface area contributed by atoms with Gasteiger partial charge in [-0.2, -0.15) is 0 Å². The number of benzene rings is 4. The molecule has 2 unspecified atom stereocenters. The first kappa shape index (κ1) is 57.7. The zero-order valence-electron chi connectivity index (χ0n) is 41.2. The summed E-state index contributed by atoms with van der Waals surface area (Å²) in [5.74, 6) is 2.42. The van der Waals surface area contributed by atoms with Gasteiger partial charge in [0, 0.05) is 40.0 Å². The lowest BCUT2D eigenvalue weighted by molar-refractivity contribution is -0.180. The molecule has 0 aromatic heterocycles. The minimum atomic E-state index is -0.682. The third-order valence-electron chi connectivity index (χ3n) is 12.7. The number of aldehydes is 1. The molecule has 4 aromatic carbocycles. The number of nitrogens with zero attached hydrogens (tertiary/aromatic N) is 4. The van der Waals surface area contributed by atoms with Crippen molar-refractivity contribution in [1.82, 2.24) is 9.80 Å². The number of fused-ring (bicyclic) bond motifs is 2. The monoisotopic (exact) mass is 1160 g/mol. The van der Waals surface area contributed by atoms with Crippen molar-refractivity contribution in [2.45, 2.75) is 118 Å². The fourth-order valence-electron chi connectivity index (χ4n) is 9.01. The van der Waals surface area contributed by atoms with Crippen molar-refractivity contribution in [2.75, 3.05) is 44.6 Å². The first-order valence-electron chi connectivity index (χ1n) is 24.0. The van der Waals surface area contributed by atoms with Crippen LogP contribution in [0.4, 0.5) is 0 Å². The van der Waals surface area contributed by atoms with E-state index in [0.717, 1.165) is 27.7 Å². The number of halogens is 1. The second-order valence-corrected chi connectivity index (χ2v) is 23.1. The normalized spacial score (nSPS) is 27.6. The highest BCUT2D eigenvalue weighted by Gasteiger charge is 2.53. The third-order valence-corrected chi connectivity index (χ3v) is 18.3. The second-order valence-electron chi connectivity index (χ2n) is 18.1. The second kappa shape index (κ2) is 29.5. The minimum absolute atomic E-state index is 0. The van der Waals surface area contributed by atoms with Crippen LogP contribution in [0.5, 0.6) is 0 Å². The molecule has 71 heavy (non-hydrogen) atoms. The summed E-state index contributed by atoms with van der Waals surface area (Å²) in [6, 6.07) is 40.7. The molecular weight excluding hydrogens is 1080 g/mol. The lowest BCUT2D eigenvalue weighted by atomic mass is 9.87. The maximum atomic E-state index is 12.0. The molecule has 0 amide bonds. The fourth-order valence-corrected chi connectivity index (χ4v) is 14.4. The Balaban J connectivity index is 0.000000223. The van der Waals surface area contributed by atoms with E-state index < -0.39 is 12.2 Å². The topological polar surface area (TPSA) is 104 Å². The summed E-state index contributed by atoms with van der Waals surface area (Å²) in [6.45, 7) is 6.33. The standard InChI is InChI=1S/C28H36N2O3S3.C25H30N2O4S.CH3I.CH4/c1-19-23(31-17-20-11-6-4-7-12-20)22-26(36-28(29-22)30(2)3)33-24(19)25(27-34-15-10-16-35-27)32-18-21-13-8-5-9-14-21;1-17-22(20(14-28)29-15-18-10-6-4-7-11-18)31-24-21(26-25(32-24)27(2)3)23(17)30-16-19-12-8-5-9-13-19;1-2;/h4-9,11-14,19,22-27H,10,15-18H2,1-3H3;4-14,17,20-24H,15-16H2,1-3H3;1H3;1H4/t19-,22+,23-,24-,25?,26+;17-,20?,21-,22+,23+,24-;;/m01../s1. The van der Waals surface area contributed by atoms with Crippen molar-refractivity contribution in [3.63, 3.8) is 0 Å². The van der Waals surface area contributed by atoms with Crippen LogP contribution in [0.2, 0.25) is 0 Å². The summed E-state index contributed by atoms with van der Waals surface area (Å²) in [4.78, 5) is 28.0. The van der Waals surface area contributed by atoms with Crippen LogP contribution in [0.25, 0.3) is 0 Å². The molecule has 0 spiro atoms. The molecule has 12 atom stereocenters. The van der Waals surface area contributed by atoms with Crippen LogP contribution in [0.3, 0.4) is 0 Å². The Hall–Kier alpha value is -2.62. The van der Waals surface area contributed by atoms with Gasteiger partial charge in [-0.15, -0.1) is 23.5 Å². The molecule has 0 aliphatic carbocycles. The first-order valence-corrected chi connectivity index (χ1v) is 30.0. The molecule has 0 N–H and O–H groups in total. The van der Waals surface area contributed by atoms with Crippen molar-refractivity contribution in [1.29, 1.82) is 0 Å². The van der Waals surface area contributed by atoms with E-state index in [0.29, 0.717) is 31.0 Å². The van der Waals surface area contributed by atoms with Gasteiger partial charge in [0.15, 0.2) is 16.6 Å². The SMILES string of the molecule is C.CI.C[C@H]1[C@H](OCc2ccccc2)[C@H]2N=C(N(C)C)S[C@H]2O[C@@H]1C(C=O)OCc1ccccc1.C[C@H]1[C@H](OCc2ccccc2)[C@H]2N=C(N(C)C)S[C@H]2O[C@@H]1C(OCc1ccccc1)C1SCCCS1. The van der Waals surface area contributed by atoms with Crippen molar-refractivity contribution >= 4 is 86.3 Å². The van der Waals surface area contributed by atoms with Crippen LogP contribution in [0.15, 0.2) is 131 Å². The first-order chi connectivity index (χ1) is 34.2. The number of aliphatic imine (C=N–C) groups is 2. The van der Waals surface area contributed by atoms with Gasteiger partial charge in [-0.05, 0) is 45.1 Å². The Labute approximate surface area is 454 Å². The Morgan fingerprint density at radius 1 is 0.606 bits per heavy atom. The summed E-state index contributed by atoms with van der Waals surface area (Å²) in [5.41, 5.74) is 4.23. The van der Waals surface area contributed by atoms with Crippen molar-refractivity contribution in [3.8, 4) is 0 Å². The molecule has 9 rings (SSSR count). The molecule has 0 bridgehead atoms. The number of alkyl halides is 1. The van der Waals surface area contributed by atoms with Gasteiger partial charge < -0.3 is 43.0 Å². The quantitative estimate of drug-likeness (QED) is 0.0605. The highest BCUT2D eigenvalue weighted by atomic mass is 127. The van der Waals surface area contributed by atoms with Crippen LogP contribution in [0, 0.1) is 11.8 Å². The van der Waals surface area contributed by atoms with Gasteiger partial charge in [-0.3, -0.25) is 9.98 Å². The zero-order chi connectivity index (χ0) is 49.4. The predicted molar refractivity (Wildman–Crippen MR) is 307 cm³/mol. The highest BCUT2D eigenvalue weighted by Crippen LogP contribution is 2.46. The molecule has 4 aromatic rings. The van der Waals surface area contributed by atoms with E-state index >= 15 is 0 Å². The van der Waals surface area contributed by atoms with E-state index in [2.05, 4.69) is 95.9 Å². The summed E-state index contributed by atoms with van der Waals surface area (Å²) < 4.78 is 39.5. The minimum Gasteiger partial charge on any atom is -0.371 e. The van der Waals surface area contributed by atoms with E-state index in [1.807, 2.05) is 128 Å². The van der Waals surface area contributed by atoms with Gasteiger partial charge in [0.25, 0.3) is 0 Å². The third kappa shape index (κ3) is 15.7. The Bertz CT molecular complexity index is 2220. The van der Waals surface area contributed by atoms with Gasteiger partial charge >= 0.3 is 0 Å². The average molecular weight is 1160 g/mol. The molecule has 386 valence electrons. The van der Waals surface area contributed by atoms with E-state index in [1.165, 1.54) is 29.1 Å². The van der Waals surface area contributed by atoms with Crippen LogP contribution >= 0.6 is 69.6 Å². The maximum absolute atomic E-state index is 12.0. The van der Waals surface area contributed by atoms with E-state index in [-0.39, 0.29) is 66.6 Å². The number of carbonyl (C=O) groups excluding carboxylic acids is 1. The Morgan fingerprint density at radius 3 is 1.39 bits per heavy atom. The lowest BCUT2D eigenvalue weighted by Gasteiger charge is -2.46.